The molecule has 0 bridgehead atoms. The third-order valence-corrected chi connectivity index (χ3v) is 5.79. The maximum atomic E-state index is 10.5. The van der Waals surface area contributed by atoms with Gasteiger partial charge in [-0.1, -0.05) is 25.5 Å². The summed E-state index contributed by atoms with van der Waals surface area (Å²) in [6.07, 6.45) is 1.36. The molecule has 1 spiro atoms. The molecule has 1 fully saturated rings. The lowest BCUT2D eigenvalue weighted by Crippen LogP contribution is -2.50. The quantitative estimate of drug-likeness (QED) is 0.784. The first-order chi connectivity index (χ1) is 8.89. The molecule has 0 saturated carbocycles. The van der Waals surface area contributed by atoms with Gasteiger partial charge < -0.3 is 9.84 Å². The summed E-state index contributed by atoms with van der Waals surface area (Å²) in [6, 6.07) is 6.13. The van der Waals surface area contributed by atoms with Gasteiger partial charge in [0.2, 0.25) is 0 Å². The highest BCUT2D eigenvalue weighted by molar-refractivity contribution is 7.99. The highest BCUT2D eigenvalue weighted by atomic mass is 32.2. The second-order valence-corrected chi connectivity index (χ2v) is 7.87. The van der Waals surface area contributed by atoms with Gasteiger partial charge in [-0.15, -0.1) is 0 Å². The average molecular weight is 278 g/mol. The number of aryl methyl sites for hydroxylation is 1. The molecule has 2 atom stereocenters. The lowest BCUT2D eigenvalue weighted by Gasteiger charge is -2.48. The van der Waals surface area contributed by atoms with E-state index in [2.05, 4.69) is 26.8 Å². The van der Waals surface area contributed by atoms with Crippen LogP contribution in [0.5, 0.6) is 5.75 Å². The van der Waals surface area contributed by atoms with Gasteiger partial charge in [0, 0.05) is 17.7 Å². The molecule has 1 aromatic carbocycles. The van der Waals surface area contributed by atoms with E-state index in [1.165, 1.54) is 11.3 Å². The van der Waals surface area contributed by atoms with E-state index in [1.54, 1.807) is 0 Å². The number of ether oxygens (including phenoxy) is 1. The second-order valence-electron chi connectivity index (χ2n) is 6.88. The first kappa shape index (κ1) is 13.3. The molecular formula is C16H22O2S. The van der Waals surface area contributed by atoms with E-state index in [-0.39, 0.29) is 11.0 Å². The lowest BCUT2D eigenvalue weighted by molar-refractivity contribution is -0.0255. The minimum atomic E-state index is -0.391. The number of thioether (sulfide) groups is 1. The van der Waals surface area contributed by atoms with Gasteiger partial charge in [-0.05, 0) is 36.6 Å². The highest BCUT2D eigenvalue weighted by Gasteiger charge is 2.46. The summed E-state index contributed by atoms with van der Waals surface area (Å²) in [7, 11) is 0. The largest absolute Gasteiger partial charge is 0.486 e. The minimum Gasteiger partial charge on any atom is -0.486 e. The minimum absolute atomic E-state index is 0.186. The Balaban J connectivity index is 1.94. The van der Waals surface area contributed by atoms with Gasteiger partial charge in [-0.25, -0.2) is 0 Å². The van der Waals surface area contributed by atoms with E-state index in [1.807, 2.05) is 23.9 Å². The van der Waals surface area contributed by atoms with Crippen LogP contribution in [0.25, 0.3) is 0 Å². The van der Waals surface area contributed by atoms with Crippen molar-refractivity contribution in [3.63, 3.8) is 0 Å². The van der Waals surface area contributed by atoms with E-state index < -0.39 is 6.10 Å². The zero-order valence-electron chi connectivity index (χ0n) is 11.9. The predicted octanol–water partition coefficient (Wildman–Crippen LogP) is 3.71. The zero-order valence-corrected chi connectivity index (χ0v) is 12.7. The Kier molecular flexibility index (Phi) is 3.10. The summed E-state index contributed by atoms with van der Waals surface area (Å²) >= 11 is 1.95. The maximum Gasteiger partial charge on any atom is 0.126 e. The third-order valence-electron chi connectivity index (χ3n) is 4.07. The summed E-state index contributed by atoms with van der Waals surface area (Å²) in [4.78, 5) is 0. The van der Waals surface area contributed by atoms with Crippen LogP contribution >= 0.6 is 11.8 Å². The number of benzene rings is 1. The molecule has 0 radical (unpaired) electrons. The number of aliphatic hydroxyl groups excluding tert-OH is 1. The molecule has 1 N–H and O–H groups in total. The van der Waals surface area contributed by atoms with Crippen LogP contribution in [0, 0.1) is 12.3 Å². The van der Waals surface area contributed by atoms with Gasteiger partial charge in [0.05, 0.1) is 6.10 Å². The van der Waals surface area contributed by atoms with Crippen LogP contribution in [0.15, 0.2) is 18.2 Å². The molecule has 2 heterocycles. The van der Waals surface area contributed by atoms with Crippen LogP contribution in [-0.4, -0.2) is 22.2 Å². The highest BCUT2D eigenvalue weighted by Crippen LogP contribution is 2.49. The summed E-state index contributed by atoms with van der Waals surface area (Å²) in [5, 5.41) is 10.5. The Labute approximate surface area is 119 Å². The maximum absolute atomic E-state index is 10.5. The van der Waals surface area contributed by atoms with Crippen LogP contribution in [0.1, 0.15) is 43.9 Å². The van der Waals surface area contributed by atoms with Gasteiger partial charge in [0.25, 0.3) is 0 Å². The molecule has 2 nitrogen and oxygen atoms in total. The van der Waals surface area contributed by atoms with E-state index in [9.17, 15) is 5.11 Å². The average Bonchev–Trinajstić information content (AvgIpc) is 2.29. The summed E-state index contributed by atoms with van der Waals surface area (Å²) in [6.45, 7) is 6.64. The van der Waals surface area contributed by atoms with Crippen molar-refractivity contribution in [2.75, 3.05) is 11.5 Å². The van der Waals surface area contributed by atoms with Crippen molar-refractivity contribution < 1.29 is 9.84 Å². The zero-order chi connectivity index (χ0) is 13.7. The Morgan fingerprint density at radius 3 is 2.84 bits per heavy atom. The molecule has 3 rings (SSSR count). The molecule has 1 unspecified atom stereocenters. The molecule has 2 aliphatic rings. The fourth-order valence-corrected chi connectivity index (χ4v) is 4.85. The van der Waals surface area contributed by atoms with Gasteiger partial charge in [-0.3, -0.25) is 0 Å². The van der Waals surface area contributed by atoms with E-state index >= 15 is 0 Å². The molecule has 19 heavy (non-hydrogen) atoms. The van der Waals surface area contributed by atoms with Crippen LogP contribution < -0.4 is 4.74 Å². The summed E-state index contributed by atoms with van der Waals surface area (Å²) in [5.41, 5.74) is 2.23. The van der Waals surface area contributed by atoms with E-state index in [0.29, 0.717) is 0 Å². The smallest absolute Gasteiger partial charge is 0.126 e. The molecule has 0 aromatic heterocycles. The first-order valence-corrected chi connectivity index (χ1v) is 8.10. The van der Waals surface area contributed by atoms with Crippen molar-refractivity contribution in [1.29, 1.82) is 0 Å². The molecule has 1 saturated heterocycles. The molecule has 104 valence electrons. The van der Waals surface area contributed by atoms with E-state index in [4.69, 9.17) is 4.74 Å². The monoisotopic (exact) mass is 278 g/mol. The molecule has 1 aromatic rings. The standard InChI is InChI=1S/C16H22O2S/c1-11-4-5-14-12(6-11)13(17)7-16(18-14)8-15(2,3)9-19-10-16/h4-6,13,17H,7-10H2,1-3H3/t13-,16?/m0/s1. The van der Waals surface area contributed by atoms with Gasteiger partial charge in [0.15, 0.2) is 0 Å². The Morgan fingerprint density at radius 1 is 1.32 bits per heavy atom. The molecular weight excluding hydrogens is 256 g/mol. The molecule has 0 aliphatic carbocycles. The van der Waals surface area contributed by atoms with Crippen molar-refractivity contribution in [3.8, 4) is 5.75 Å². The van der Waals surface area contributed by atoms with Gasteiger partial charge in [-0.2, -0.15) is 11.8 Å². The van der Waals surface area contributed by atoms with Crippen LogP contribution in [0.3, 0.4) is 0 Å². The number of fused-ring (bicyclic) bond motifs is 1. The van der Waals surface area contributed by atoms with Crippen molar-refractivity contribution in [3.05, 3.63) is 29.3 Å². The second kappa shape index (κ2) is 4.42. The molecule has 3 heteroatoms. The van der Waals surface area contributed by atoms with Crippen molar-refractivity contribution in [2.45, 2.75) is 45.3 Å². The summed E-state index contributed by atoms with van der Waals surface area (Å²) in [5.74, 6) is 3.04. The Hall–Kier alpha value is -0.670. The fourth-order valence-electron chi connectivity index (χ4n) is 3.44. The fraction of sp³-hybridized carbons (Fsp3) is 0.625. The topological polar surface area (TPSA) is 29.5 Å². The number of hydrogen-bond donors (Lipinski definition) is 1. The van der Waals surface area contributed by atoms with Crippen LogP contribution in [-0.2, 0) is 0 Å². The van der Waals surface area contributed by atoms with Crippen molar-refractivity contribution in [1.82, 2.24) is 0 Å². The van der Waals surface area contributed by atoms with Crippen LogP contribution in [0.2, 0.25) is 0 Å². The van der Waals surface area contributed by atoms with Crippen molar-refractivity contribution in [2.24, 2.45) is 5.41 Å². The van der Waals surface area contributed by atoms with Gasteiger partial charge >= 0.3 is 0 Å². The van der Waals surface area contributed by atoms with Crippen molar-refractivity contribution >= 4 is 11.8 Å². The molecule has 0 amide bonds. The van der Waals surface area contributed by atoms with Crippen LogP contribution in [0.4, 0.5) is 0 Å². The molecule has 2 aliphatic heterocycles. The predicted molar refractivity (Wildman–Crippen MR) is 79.8 cm³/mol. The summed E-state index contributed by atoms with van der Waals surface area (Å²) < 4.78 is 6.34. The Morgan fingerprint density at radius 2 is 2.11 bits per heavy atom. The first-order valence-electron chi connectivity index (χ1n) is 6.95. The van der Waals surface area contributed by atoms with Gasteiger partial charge in [0.1, 0.15) is 11.4 Å². The number of hydrogen-bond acceptors (Lipinski definition) is 3. The Bertz CT molecular complexity index is 498. The normalized spacial score (nSPS) is 32.7. The number of aliphatic hydroxyl groups is 1. The third kappa shape index (κ3) is 2.50. The van der Waals surface area contributed by atoms with E-state index in [0.717, 1.165) is 29.9 Å². The SMILES string of the molecule is Cc1ccc2c(c1)[C@@H](O)CC1(CSCC(C)(C)C1)O2. The number of rotatable bonds is 0. The lowest BCUT2D eigenvalue weighted by atomic mass is 9.77.